The number of ether oxygens (including phenoxy) is 3. The van der Waals surface area contributed by atoms with Gasteiger partial charge in [-0.05, 0) is 29.8 Å². The number of benzene rings is 3. The molecule has 3 aromatic rings. The van der Waals surface area contributed by atoms with Crippen molar-refractivity contribution in [2.24, 2.45) is 0 Å². The smallest absolute Gasteiger partial charge is 0.243 e. The topological polar surface area (TPSA) is 85.4 Å². The fourth-order valence-corrected chi connectivity index (χ4v) is 5.20. The summed E-state index contributed by atoms with van der Waals surface area (Å²) in [5.41, 5.74) is 1.39. The molecule has 0 N–H and O–H groups in total. The summed E-state index contributed by atoms with van der Waals surface area (Å²) in [6, 6.07) is 20.8. The molecule has 3 aromatic carbocycles. The molecular formula is C25H26N2O6S. The molecular weight excluding hydrogens is 456 g/mol. The fraction of sp³-hybridized carbons (Fsp3) is 0.240. The summed E-state index contributed by atoms with van der Waals surface area (Å²) >= 11 is 0. The first-order valence-corrected chi connectivity index (χ1v) is 12.2. The van der Waals surface area contributed by atoms with Crippen molar-refractivity contribution in [3.05, 3.63) is 78.4 Å². The number of carbonyl (C=O) groups excluding carboxylic acids is 1. The molecule has 0 spiro atoms. The number of hydrogen-bond donors (Lipinski definition) is 0. The first kappa shape index (κ1) is 23.6. The van der Waals surface area contributed by atoms with Crippen LogP contribution in [0, 0.1) is 0 Å². The van der Waals surface area contributed by atoms with Crippen molar-refractivity contribution in [2.45, 2.75) is 11.4 Å². The zero-order chi connectivity index (χ0) is 24.1. The zero-order valence-electron chi connectivity index (χ0n) is 19.0. The first-order chi connectivity index (χ1) is 16.4. The average molecular weight is 483 g/mol. The molecule has 1 heterocycles. The van der Waals surface area contributed by atoms with E-state index in [0.29, 0.717) is 30.3 Å². The lowest BCUT2D eigenvalue weighted by Crippen LogP contribution is -2.45. The summed E-state index contributed by atoms with van der Waals surface area (Å²) in [5.74, 6) is 0.962. The van der Waals surface area contributed by atoms with E-state index < -0.39 is 10.0 Å². The van der Waals surface area contributed by atoms with E-state index in [1.54, 1.807) is 17.0 Å². The molecule has 0 bridgehead atoms. The molecule has 0 atom stereocenters. The highest BCUT2D eigenvalue weighted by atomic mass is 32.2. The molecule has 1 amide bonds. The maximum atomic E-state index is 13.7. The Kier molecular flexibility index (Phi) is 7.04. The van der Waals surface area contributed by atoms with Gasteiger partial charge in [0.25, 0.3) is 0 Å². The molecule has 178 valence electrons. The van der Waals surface area contributed by atoms with E-state index in [-0.39, 0.29) is 29.6 Å². The monoisotopic (exact) mass is 482 g/mol. The second kappa shape index (κ2) is 10.1. The number of anilines is 1. The average Bonchev–Trinajstić information content (AvgIpc) is 2.88. The third-order valence-electron chi connectivity index (χ3n) is 5.54. The molecule has 8 nitrogen and oxygen atoms in total. The molecule has 0 saturated carbocycles. The fourth-order valence-electron chi connectivity index (χ4n) is 3.80. The maximum Gasteiger partial charge on any atom is 0.243 e. The van der Waals surface area contributed by atoms with Crippen LogP contribution in [-0.2, 0) is 21.4 Å². The Labute approximate surface area is 199 Å². The van der Waals surface area contributed by atoms with Crippen molar-refractivity contribution in [3.8, 4) is 17.2 Å². The summed E-state index contributed by atoms with van der Waals surface area (Å²) in [6.07, 6.45) is 0. The lowest BCUT2D eigenvalue weighted by Gasteiger charge is -2.31. The normalized spacial score (nSPS) is 13.2. The van der Waals surface area contributed by atoms with Crippen LogP contribution < -0.4 is 19.1 Å². The van der Waals surface area contributed by atoms with Crippen LogP contribution in [0.1, 0.15) is 5.56 Å². The Bertz CT molecular complexity index is 1260. The van der Waals surface area contributed by atoms with Gasteiger partial charge < -0.3 is 19.1 Å². The van der Waals surface area contributed by atoms with Crippen molar-refractivity contribution < 1.29 is 27.4 Å². The van der Waals surface area contributed by atoms with Gasteiger partial charge in [0.05, 0.1) is 37.9 Å². The van der Waals surface area contributed by atoms with Crippen LogP contribution in [0.25, 0.3) is 0 Å². The minimum atomic E-state index is -4.05. The molecule has 34 heavy (non-hydrogen) atoms. The van der Waals surface area contributed by atoms with Gasteiger partial charge in [0, 0.05) is 12.6 Å². The lowest BCUT2D eigenvalue weighted by atomic mass is 10.2. The number of hydrogen-bond acceptors (Lipinski definition) is 6. The van der Waals surface area contributed by atoms with E-state index >= 15 is 0 Å². The van der Waals surface area contributed by atoms with E-state index in [4.69, 9.17) is 14.2 Å². The van der Waals surface area contributed by atoms with E-state index in [9.17, 15) is 13.2 Å². The van der Waals surface area contributed by atoms with Crippen LogP contribution in [0.5, 0.6) is 17.2 Å². The van der Waals surface area contributed by atoms with Gasteiger partial charge in [-0.2, -0.15) is 4.31 Å². The molecule has 0 saturated heterocycles. The van der Waals surface area contributed by atoms with Gasteiger partial charge in [0.1, 0.15) is 12.4 Å². The van der Waals surface area contributed by atoms with Crippen molar-refractivity contribution in [1.29, 1.82) is 0 Å². The summed E-state index contributed by atoms with van der Waals surface area (Å²) < 4.78 is 44.7. The summed E-state index contributed by atoms with van der Waals surface area (Å²) in [7, 11) is -1.13. The Hall–Kier alpha value is -3.56. The molecule has 9 heteroatoms. The number of nitrogens with zero attached hydrogens (tertiary/aromatic N) is 2. The predicted molar refractivity (Wildman–Crippen MR) is 128 cm³/mol. The van der Waals surface area contributed by atoms with Crippen LogP contribution in [0.2, 0.25) is 0 Å². The van der Waals surface area contributed by atoms with Crippen LogP contribution in [0.4, 0.5) is 5.69 Å². The van der Waals surface area contributed by atoms with Gasteiger partial charge in [-0.1, -0.05) is 42.5 Å². The molecule has 0 unspecified atom stereocenters. The Balaban J connectivity index is 1.68. The van der Waals surface area contributed by atoms with Crippen LogP contribution in [0.15, 0.2) is 77.7 Å². The van der Waals surface area contributed by atoms with Gasteiger partial charge in [0.15, 0.2) is 11.5 Å². The van der Waals surface area contributed by atoms with Gasteiger partial charge in [-0.15, -0.1) is 0 Å². The number of sulfonamides is 1. The summed E-state index contributed by atoms with van der Waals surface area (Å²) in [6.45, 7) is 0.379. The molecule has 0 aliphatic carbocycles. The van der Waals surface area contributed by atoms with Crippen molar-refractivity contribution in [1.82, 2.24) is 4.31 Å². The molecule has 0 radical (unpaired) electrons. The van der Waals surface area contributed by atoms with Gasteiger partial charge in [-0.3, -0.25) is 4.79 Å². The minimum Gasteiger partial charge on any atom is -0.493 e. The lowest BCUT2D eigenvalue weighted by molar-refractivity contribution is -0.119. The van der Waals surface area contributed by atoms with Gasteiger partial charge in [0.2, 0.25) is 15.9 Å². The third-order valence-corrected chi connectivity index (χ3v) is 7.32. The van der Waals surface area contributed by atoms with Crippen molar-refractivity contribution in [2.75, 3.05) is 38.8 Å². The zero-order valence-corrected chi connectivity index (χ0v) is 19.8. The molecule has 1 aliphatic heterocycles. The van der Waals surface area contributed by atoms with E-state index in [2.05, 4.69) is 0 Å². The summed E-state index contributed by atoms with van der Waals surface area (Å²) in [5, 5.41) is 0. The third kappa shape index (κ3) is 4.85. The highest BCUT2D eigenvalue weighted by Crippen LogP contribution is 2.33. The number of methoxy groups -OCH3 is 2. The second-order valence-electron chi connectivity index (χ2n) is 7.64. The van der Waals surface area contributed by atoms with E-state index in [0.717, 1.165) is 5.56 Å². The molecule has 0 aromatic heterocycles. The number of amides is 1. The number of para-hydroxylation sites is 2. The molecule has 1 aliphatic rings. The molecule has 0 fully saturated rings. The van der Waals surface area contributed by atoms with E-state index in [1.807, 2.05) is 42.5 Å². The SMILES string of the molecule is COc1ccc(S(=O)(=O)N(CC(=O)N2CCOc3ccccc32)Cc2ccccc2)cc1OC. The highest BCUT2D eigenvalue weighted by molar-refractivity contribution is 7.89. The van der Waals surface area contributed by atoms with Gasteiger partial charge >= 0.3 is 0 Å². The quantitative estimate of drug-likeness (QED) is 0.490. The largest absolute Gasteiger partial charge is 0.493 e. The maximum absolute atomic E-state index is 13.7. The van der Waals surface area contributed by atoms with E-state index in [1.165, 1.54) is 36.7 Å². The Morgan fingerprint density at radius 3 is 2.41 bits per heavy atom. The minimum absolute atomic E-state index is 0.0104. The second-order valence-corrected chi connectivity index (χ2v) is 9.57. The summed E-state index contributed by atoms with van der Waals surface area (Å²) in [4.78, 5) is 15.0. The number of fused-ring (bicyclic) bond motifs is 1. The predicted octanol–water partition coefficient (Wildman–Crippen LogP) is 3.32. The van der Waals surface area contributed by atoms with Crippen LogP contribution in [0.3, 0.4) is 0 Å². The van der Waals surface area contributed by atoms with Crippen molar-refractivity contribution in [3.63, 3.8) is 0 Å². The Morgan fingerprint density at radius 1 is 0.971 bits per heavy atom. The highest BCUT2D eigenvalue weighted by Gasteiger charge is 2.31. The standard InChI is InChI=1S/C25H26N2O6S/c1-31-23-13-12-20(16-24(23)32-2)34(29,30)26(17-19-8-4-3-5-9-19)18-25(28)27-14-15-33-22-11-7-6-10-21(22)27/h3-13,16H,14-15,17-18H2,1-2H3. The van der Waals surface area contributed by atoms with Gasteiger partial charge in [-0.25, -0.2) is 8.42 Å². The van der Waals surface area contributed by atoms with Crippen LogP contribution in [-0.4, -0.2) is 52.5 Å². The van der Waals surface area contributed by atoms with Crippen LogP contribution >= 0.6 is 0 Å². The van der Waals surface area contributed by atoms with Crippen molar-refractivity contribution >= 4 is 21.6 Å². The Morgan fingerprint density at radius 2 is 1.68 bits per heavy atom. The number of carbonyl (C=O) groups is 1. The number of rotatable bonds is 8. The first-order valence-electron chi connectivity index (χ1n) is 10.7. The molecule has 4 rings (SSSR count).